The van der Waals surface area contributed by atoms with Gasteiger partial charge in [0.15, 0.2) is 0 Å². The molecule has 2 bridgehead atoms. The van der Waals surface area contributed by atoms with Crippen LogP contribution in [0.3, 0.4) is 0 Å². The average molecular weight is 169 g/mol. The van der Waals surface area contributed by atoms with E-state index in [0.717, 1.165) is 19.0 Å². The first-order valence-electron chi connectivity index (χ1n) is 4.94. The molecule has 70 valence electrons. The van der Waals surface area contributed by atoms with Crippen LogP contribution in [0.25, 0.3) is 0 Å². The zero-order valence-corrected chi connectivity index (χ0v) is 8.06. The highest BCUT2D eigenvalue weighted by atomic mass is 16.3. The molecule has 0 amide bonds. The molecule has 0 radical (unpaired) electrons. The van der Waals surface area contributed by atoms with E-state index in [9.17, 15) is 5.11 Å². The smallest absolute Gasteiger partial charge is 0.0500 e. The van der Waals surface area contributed by atoms with Crippen molar-refractivity contribution >= 4 is 0 Å². The molecule has 3 rings (SSSR count). The molecule has 0 aromatic heterocycles. The van der Waals surface area contributed by atoms with Gasteiger partial charge in [-0.15, -0.1) is 0 Å². The number of nitrogens with one attached hydrogen (secondary N) is 1. The van der Waals surface area contributed by atoms with Crippen LogP contribution in [0.5, 0.6) is 0 Å². The number of piperidine rings is 2. The number of rotatable bonds is 2. The van der Waals surface area contributed by atoms with Crippen LogP contribution in [-0.2, 0) is 0 Å². The minimum atomic E-state index is 0.252. The van der Waals surface area contributed by atoms with E-state index in [-0.39, 0.29) is 5.41 Å². The predicted molar refractivity (Wildman–Crippen MR) is 48.9 cm³/mol. The van der Waals surface area contributed by atoms with Crippen molar-refractivity contribution in [3.8, 4) is 0 Å². The molecule has 2 saturated heterocycles. The number of hydrogen-bond donors (Lipinski definition) is 2. The molecule has 2 aliphatic heterocycles. The van der Waals surface area contributed by atoms with Gasteiger partial charge in [0.1, 0.15) is 0 Å². The molecule has 12 heavy (non-hydrogen) atoms. The number of hydrogen-bond acceptors (Lipinski definition) is 2. The lowest BCUT2D eigenvalue weighted by Crippen LogP contribution is -2.65. The number of fused-ring (bicyclic) bond motifs is 2. The molecule has 2 N–H and O–H groups in total. The average Bonchev–Trinajstić information content (AvgIpc) is 2.03. The monoisotopic (exact) mass is 169 g/mol. The Kier molecular flexibility index (Phi) is 1.74. The normalized spacial score (nSPS) is 46.0. The van der Waals surface area contributed by atoms with E-state index >= 15 is 0 Å². The first-order chi connectivity index (χ1) is 5.63. The summed E-state index contributed by atoms with van der Waals surface area (Å²) in [5.74, 6) is 0.755. The van der Waals surface area contributed by atoms with Gasteiger partial charge in [-0.1, -0.05) is 13.8 Å². The molecule has 0 spiro atoms. The van der Waals surface area contributed by atoms with Crippen LogP contribution in [0.1, 0.15) is 26.7 Å². The van der Waals surface area contributed by atoms with Crippen LogP contribution < -0.4 is 5.32 Å². The fourth-order valence-electron chi connectivity index (χ4n) is 3.05. The van der Waals surface area contributed by atoms with Crippen LogP contribution in [0.4, 0.5) is 0 Å². The van der Waals surface area contributed by atoms with E-state index in [0.29, 0.717) is 12.0 Å². The third-order valence-electron chi connectivity index (χ3n) is 3.99. The molecule has 2 heteroatoms. The van der Waals surface area contributed by atoms with Crippen molar-refractivity contribution < 1.29 is 5.11 Å². The van der Waals surface area contributed by atoms with E-state index in [1.807, 2.05) is 0 Å². The maximum atomic E-state index is 9.24. The van der Waals surface area contributed by atoms with Crippen LogP contribution in [-0.4, -0.2) is 24.8 Å². The Balaban J connectivity index is 2.08. The lowest BCUT2D eigenvalue weighted by molar-refractivity contribution is -0.129. The molecular weight excluding hydrogens is 150 g/mol. The first-order valence-corrected chi connectivity index (χ1v) is 4.94. The maximum Gasteiger partial charge on any atom is 0.0500 e. The lowest BCUT2D eigenvalue weighted by atomic mass is 9.47. The molecule has 2 heterocycles. The van der Waals surface area contributed by atoms with Gasteiger partial charge >= 0.3 is 0 Å². The van der Waals surface area contributed by atoms with Gasteiger partial charge in [0.2, 0.25) is 0 Å². The highest BCUT2D eigenvalue weighted by molar-refractivity contribution is 5.10. The molecule has 0 atom stereocenters. The molecule has 0 aromatic carbocycles. The Morgan fingerprint density at radius 1 is 1.33 bits per heavy atom. The van der Waals surface area contributed by atoms with Gasteiger partial charge in [-0.25, -0.2) is 0 Å². The summed E-state index contributed by atoms with van der Waals surface area (Å²) in [5.41, 5.74) is 0.767. The summed E-state index contributed by atoms with van der Waals surface area (Å²) in [5, 5.41) is 12.7. The van der Waals surface area contributed by atoms with Gasteiger partial charge in [-0.2, -0.15) is 0 Å². The highest BCUT2D eigenvalue weighted by Crippen LogP contribution is 2.59. The fraction of sp³-hybridized carbons (Fsp3) is 1.00. The summed E-state index contributed by atoms with van der Waals surface area (Å²) in [4.78, 5) is 0. The Morgan fingerprint density at radius 3 is 2.50 bits per heavy atom. The van der Waals surface area contributed by atoms with Crippen LogP contribution in [0.15, 0.2) is 0 Å². The molecule has 2 nitrogen and oxygen atoms in total. The maximum absolute atomic E-state index is 9.24. The Labute approximate surface area is 74.4 Å². The van der Waals surface area contributed by atoms with E-state index < -0.39 is 0 Å². The summed E-state index contributed by atoms with van der Waals surface area (Å²) >= 11 is 0. The SMILES string of the molecule is CC(C)C12CNCC(CO)(C1)C2. The zero-order chi connectivity index (χ0) is 8.82. The largest absolute Gasteiger partial charge is 0.396 e. The van der Waals surface area contributed by atoms with Gasteiger partial charge in [-0.3, -0.25) is 0 Å². The second kappa shape index (κ2) is 2.46. The first kappa shape index (κ1) is 8.52. The van der Waals surface area contributed by atoms with E-state index in [2.05, 4.69) is 19.2 Å². The summed E-state index contributed by atoms with van der Waals surface area (Å²) < 4.78 is 0. The number of aliphatic hydroxyl groups is 1. The second-order valence-corrected chi connectivity index (χ2v) is 5.13. The molecule has 0 unspecified atom stereocenters. The van der Waals surface area contributed by atoms with Crippen molar-refractivity contribution in [3.05, 3.63) is 0 Å². The predicted octanol–water partition coefficient (Wildman–Crippen LogP) is 1.00. The summed E-state index contributed by atoms with van der Waals surface area (Å²) in [6.07, 6.45) is 2.47. The Bertz CT molecular complexity index is 182. The summed E-state index contributed by atoms with van der Waals surface area (Å²) in [6, 6.07) is 0. The lowest BCUT2D eigenvalue weighted by Gasteiger charge is -2.62. The van der Waals surface area contributed by atoms with Crippen molar-refractivity contribution in [2.45, 2.75) is 26.7 Å². The quantitative estimate of drug-likeness (QED) is 0.646. The summed E-state index contributed by atoms with van der Waals surface area (Å²) in [7, 11) is 0. The van der Waals surface area contributed by atoms with Crippen LogP contribution >= 0.6 is 0 Å². The van der Waals surface area contributed by atoms with Gasteiger partial charge in [0.05, 0.1) is 0 Å². The van der Waals surface area contributed by atoms with E-state index in [4.69, 9.17) is 0 Å². The minimum absolute atomic E-state index is 0.252. The molecule has 1 saturated carbocycles. The second-order valence-electron chi connectivity index (χ2n) is 5.13. The molecule has 1 aliphatic carbocycles. The third-order valence-corrected chi connectivity index (χ3v) is 3.99. The van der Waals surface area contributed by atoms with Gasteiger partial charge in [0.25, 0.3) is 0 Å². The van der Waals surface area contributed by atoms with Gasteiger partial charge in [-0.05, 0) is 24.2 Å². The van der Waals surface area contributed by atoms with E-state index in [1.165, 1.54) is 12.8 Å². The minimum Gasteiger partial charge on any atom is -0.396 e. The van der Waals surface area contributed by atoms with Crippen molar-refractivity contribution in [3.63, 3.8) is 0 Å². The Morgan fingerprint density at radius 2 is 2.00 bits per heavy atom. The molecule has 3 aliphatic rings. The van der Waals surface area contributed by atoms with Crippen molar-refractivity contribution in [1.82, 2.24) is 5.32 Å². The topological polar surface area (TPSA) is 32.3 Å². The highest BCUT2D eigenvalue weighted by Gasteiger charge is 2.57. The van der Waals surface area contributed by atoms with E-state index in [1.54, 1.807) is 0 Å². The van der Waals surface area contributed by atoms with Crippen molar-refractivity contribution in [2.24, 2.45) is 16.7 Å². The van der Waals surface area contributed by atoms with Crippen LogP contribution in [0, 0.1) is 16.7 Å². The van der Waals surface area contributed by atoms with Gasteiger partial charge < -0.3 is 10.4 Å². The standard InChI is InChI=1S/C10H19NO/c1-8(2)10-3-9(4-10,7-12)5-11-6-10/h8,11-12H,3-7H2,1-2H3. The molecule has 3 fully saturated rings. The summed E-state index contributed by atoms with van der Waals surface area (Å²) in [6.45, 7) is 7.15. The number of aliphatic hydroxyl groups excluding tert-OH is 1. The zero-order valence-electron chi connectivity index (χ0n) is 8.06. The third kappa shape index (κ3) is 0.944. The Hall–Kier alpha value is -0.0800. The molecule has 0 aromatic rings. The van der Waals surface area contributed by atoms with Crippen molar-refractivity contribution in [2.75, 3.05) is 19.7 Å². The van der Waals surface area contributed by atoms with Gasteiger partial charge in [0, 0.05) is 25.1 Å². The van der Waals surface area contributed by atoms with Crippen molar-refractivity contribution in [1.29, 1.82) is 0 Å². The van der Waals surface area contributed by atoms with Crippen LogP contribution in [0.2, 0.25) is 0 Å². The molecular formula is C10H19NO. The fourth-order valence-corrected chi connectivity index (χ4v) is 3.05.